The number of nitrogens with zero attached hydrogens (tertiary/aromatic N) is 1. The van der Waals surface area contributed by atoms with Gasteiger partial charge in [-0.05, 0) is 11.6 Å². The van der Waals surface area contributed by atoms with E-state index < -0.39 is 14.8 Å². The number of rotatable bonds is 6. The Labute approximate surface area is 113 Å². The summed E-state index contributed by atoms with van der Waals surface area (Å²) in [6.07, 6.45) is 1.08. The molecule has 18 heavy (non-hydrogen) atoms. The van der Waals surface area contributed by atoms with Crippen molar-refractivity contribution in [3.8, 4) is 5.75 Å². The highest BCUT2D eigenvalue weighted by molar-refractivity contribution is 9.08. The second-order valence-corrected chi connectivity index (χ2v) is 6.49. The Kier molecular flexibility index (Phi) is 5.09. The lowest BCUT2D eigenvalue weighted by molar-refractivity contribution is -0.385. The standard InChI is InChI=1S/C10H12BrNO5S/c1-18(15,16)5-4-17-10-6-8(7-11)2-3-9(10)12(13)14/h2-3,6H,4-5,7H2,1H3. The minimum Gasteiger partial charge on any atom is -0.486 e. The quantitative estimate of drug-likeness (QED) is 0.449. The van der Waals surface area contributed by atoms with Gasteiger partial charge >= 0.3 is 5.69 Å². The van der Waals surface area contributed by atoms with Gasteiger partial charge in [-0.1, -0.05) is 22.0 Å². The molecule has 0 heterocycles. The van der Waals surface area contributed by atoms with Crippen LogP contribution in [0.15, 0.2) is 18.2 Å². The molecule has 0 saturated carbocycles. The number of sulfone groups is 1. The second-order valence-electron chi connectivity index (χ2n) is 3.67. The Balaban J connectivity index is 2.87. The van der Waals surface area contributed by atoms with E-state index in [1.165, 1.54) is 12.1 Å². The Morgan fingerprint density at radius 2 is 2.11 bits per heavy atom. The monoisotopic (exact) mass is 337 g/mol. The maximum atomic E-state index is 10.9. The molecule has 8 heteroatoms. The van der Waals surface area contributed by atoms with Gasteiger partial charge in [0.15, 0.2) is 15.6 Å². The fourth-order valence-corrected chi connectivity index (χ4v) is 1.95. The van der Waals surface area contributed by atoms with Gasteiger partial charge in [0, 0.05) is 17.7 Å². The molecule has 0 spiro atoms. The molecular weight excluding hydrogens is 326 g/mol. The topological polar surface area (TPSA) is 86.5 Å². The lowest BCUT2D eigenvalue weighted by Gasteiger charge is -2.07. The first-order valence-corrected chi connectivity index (χ1v) is 8.15. The Hall–Kier alpha value is -1.15. The first kappa shape index (κ1) is 14.9. The third-order valence-corrected chi connectivity index (χ3v) is 3.64. The number of alkyl halides is 1. The largest absolute Gasteiger partial charge is 0.486 e. The van der Waals surface area contributed by atoms with Crippen LogP contribution in [0.1, 0.15) is 5.56 Å². The number of ether oxygens (including phenoxy) is 1. The fourth-order valence-electron chi connectivity index (χ4n) is 1.21. The third kappa shape index (κ3) is 4.61. The zero-order valence-electron chi connectivity index (χ0n) is 9.63. The Morgan fingerprint density at radius 3 is 2.61 bits per heavy atom. The van der Waals surface area contributed by atoms with E-state index in [0.29, 0.717) is 5.33 Å². The number of hydrogen-bond acceptors (Lipinski definition) is 5. The van der Waals surface area contributed by atoms with Crippen molar-refractivity contribution < 1.29 is 18.1 Å². The van der Waals surface area contributed by atoms with Crippen LogP contribution in [0.4, 0.5) is 5.69 Å². The van der Waals surface area contributed by atoms with E-state index in [0.717, 1.165) is 11.8 Å². The summed E-state index contributed by atoms with van der Waals surface area (Å²) in [6.45, 7) is -0.106. The van der Waals surface area contributed by atoms with Gasteiger partial charge in [0.25, 0.3) is 0 Å². The molecule has 0 N–H and O–H groups in total. The molecule has 0 amide bonds. The van der Waals surface area contributed by atoms with Crippen molar-refractivity contribution in [1.29, 1.82) is 0 Å². The van der Waals surface area contributed by atoms with Crippen LogP contribution in [0, 0.1) is 10.1 Å². The van der Waals surface area contributed by atoms with Crippen molar-refractivity contribution in [2.24, 2.45) is 0 Å². The number of nitro groups is 1. The van der Waals surface area contributed by atoms with Crippen LogP contribution in [-0.2, 0) is 15.2 Å². The maximum absolute atomic E-state index is 10.9. The van der Waals surface area contributed by atoms with Crippen LogP contribution < -0.4 is 4.74 Å². The molecule has 6 nitrogen and oxygen atoms in total. The van der Waals surface area contributed by atoms with E-state index in [1.54, 1.807) is 6.07 Å². The first-order valence-electron chi connectivity index (χ1n) is 4.97. The summed E-state index contributed by atoms with van der Waals surface area (Å²) in [7, 11) is -3.15. The first-order chi connectivity index (χ1) is 8.33. The van der Waals surface area contributed by atoms with Crippen LogP contribution >= 0.6 is 15.9 Å². The molecule has 1 aromatic carbocycles. The molecule has 100 valence electrons. The molecular formula is C10H12BrNO5S. The van der Waals surface area contributed by atoms with E-state index in [4.69, 9.17) is 4.74 Å². The lowest BCUT2D eigenvalue weighted by Crippen LogP contribution is -2.12. The molecule has 1 rings (SSSR count). The van der Waals surface area contributed by atoms with Gasteiger partial charge in [0.05, 0.1) is 10.7 Å². The van der Waals surface area contributed by atoms with Gasteiger partial charge < -0.3 is 4.74 Å². The molecule has 0 radical (unpaired) electrons. The molecule has 0 saturated heterocycles. The Morgan fingerprint density at radius 1 is 1.44 bits per heavy atom. The normalized spacial score (nSPS) is 11.2. The van der Waals surface area contributed by atoms with Crippen LogP contribution in [0.25, 0.3) is 0 Å². The number of halogens is 1. The molecule has 0 aromatic heterocycles. The third-order valence-electron chi connectivity index (χ3n) is 2.09. The van der Waals surface area contributed by atoms with Crippen molar-refractivity contribution in [2.45, 2.75) is 5.33 Å². The lowest BCUT2D eigenvalue weighted by atomic mass is 10.2. The zero-order valence-corrected chi connectivity index (χ0v) is 12.0. The van der Waals surface area contributed by atoms with Gasteiger partial charge in [-0.25, -0.2) is 8.42 Å². The van der Waals surface area contributed by atoms with E-state index in [-0.39, 0.29) is 23.8 Å². The van der Waals surface area contributed by atoms with Crippen LogP contribution in [0.2, 0.25) is 0 Å². The average molecular weight is 338 g/mol. The van der Waals surface area contributed by atoms with Crippen LogP contribution in [0.3, 0.4) is 0 Å². The van der Waals surface area contributed by atoms with Gasteiger partial charge in [-0.3, -0.25) is 10.1 Å². The Bertz CT molecular complexity index is 543. The van der Waals surface area contributed by atoms with E-state index in [1.807, 2.05) is 0 Å². The number of nitro benzene ring substituents is 1. The highest BCUT2D eigenvalue weighted by Gasteiger charge is 2.16. The molecule has 0 fully saturated rings. The highest BCUT2D eigenvalue weighted by atomic mass is 79.9. The molecule has 0 aliphatic rings. The summed E-state index contributed by atoms with van der Waals surface area (Å²) in [4.78, 5) is 10.2. The molecule has 0 unspecified atom stereocenters. The molecule has 0 aliphatic carbocycles. The van der Waals surface area contributed by atoms with Crippen molar-refractivity contribution in [2.75, 3.05) is 18.6 Å². The fraction of sp³-hybridized carbons (Fsp3) is 0.400. The molecule has 0 aliphatic heterocycles. The van der Waals surface area contributed by atoms with Crippen molar-refractivity contribution in [3.05, 3.63) is 33.9 Å². The molecule has 1 aromatic rings. The molecule has 0 bridgehead atoms. The summed E-state index contributed by atoms with van der Waals surface area (Å²) < 4.78 is 27.1. The van der Waals surface area contributed by atoms with Crippen molar-refractivity contribution >= 4 is 31.5 Å². The SMILES string of the molecule is CS(=O)(=O)CCOc1cc(CBr)ccc1[N+](=O)[O-]. The van der Waals surface area contributed by atoms with Crippen molar-refractivity contribution in [1.82, 2.24) is 0 Å². The summed E-state index contributed by atoms with van der Waals surface area (Å²) >= 11 is 3.23. The predicted molar refractivity (Wildman–Crippen MR) is 70.9 cm³/mol. The summed E-state index contributed by atoms with van der Waals surface area (Å²) in [5.74, 6) is -0.0940. The minimum atomic E-state index is -3.15. The summed E-state index contributed by atoms with van der Waals surface area (Å²) in [6, 6.07) is 4.47. The number of benzene rings is 1. The number of hydrogen-bond donors (Lipinski definition) is 0. The van der Waals surface area contributed by atoms with Gasteiger partial charge in [-0.2, -0.15) is 0 Å². The average Bonchev–Trinajstić information content (AvgIpc) is 2.26. The maximum Gasteiger partial charge on any atom is 0.310 e. The van der Waals surface area contributed by atoms with Gasteiger partial charge in [0.1, 0.15) is 6.61 Å². The second kappa shape index (κ2) is 6.14. The van der Waals surface area contributed by atoms with Crippen LogP contribution in [0.5, 0.6) is 5.75 Å². The van der Waals surface area contributed by atoms with E-state index >= 15 is 0 Å². The zero-order chi connectivity index (χ0) is 13.8. The smallest absolute Gasteiger partial charge is 0.310 e. The van der Waals surface area contributed by atoms with Crippen molar-refractivity contribution in [3.63, 3.8) is 0 Å². The van der Waals surface area contributed by atoms with Crippen LogP contribution in [-0.4, -0.2) is 32.0 Å². The van der Waals surface area contributed by atoms with E-state index in [9.17, 15) is 18.5 Å². The highest BCUT2D eigenvalue weighted by Crippen LogP contribution is 2.28. The summed E-state index contributed by atoms with van der Waals surface area (Å²) in [5.41, 5.74) is 0.642. The van der Waals surface area contributed by atoms with Gasteiger partial charge in [-0.15, -0.1) is 0 Å². The van der Waals surface area contributed by atoms with E-state index in [2.05, 4.69) is 15.9 Å². The summed E-state index contributed by atoms with van der Waals surface area (Å²) in [5, 5.41) is 11.3. The molecule has 0 atom stereocenters. The van der Waals surface area contributed by atoms with Gasteiger partial charge in [0.2, 0.25) is 0 Å². The minimum absolute atomic E-state index is 0.0839. The predicted octanol–water partition coefficient (Wildman–Crippen LogP) is 1.91.